The van der Waals surface area contributed by atoms with Crippen LogP contribution in [0.15, 0.2) is 85.5 Å². The van der Waals surface area contributed by atoms with Gasteiger partial charge in [0.2, 0.25) is 0 Å². The van der Waals surface area contributed by atoms with Crippen LogP contribution >= 0.6 is 0 Å². The summed E-state index contributed by atoms with van der Waals surface area (Å²) in [5.74, 6) is 0.376. The van der Waals surface area contributed by atoms with Crippen molar-refractivity contribution in [3.05, 3.63) is 130 Å². The SMILES string of the molecule is C=Cc1cc(C)ccc1CC(C)c1cc(C)cc2c1C=CC(c1ccccc1)=C(C)C2=C. The molecule has 4 rings (SSSR count). The highest BCUT2D eigenvalue weighted by Gasteiger charge is 2.20. The van der Waals surface area contributed by atoms with Crippen LogP contribution in [0.2, 0.25) is 0 Å². The van der Waals surface area contributed by atoms with Gasteiger partial charge in [0.25, 0.3) is 0 Å². The Morgan fingerprint density at radius 2 is 1.62 bits per heavy atom. The first-order valence-electron chi connectivity index (χ1n) is 11.4. The predicted octanol–water partition coefficient (Wildman–Crippen LogP) is 8.81. The van der Waals surface area contributed by atoms with Gasteiger partial charge in [0.05, 0.1) is 0 Å². The van der Waals surface area contributed by atoms with Gasteiger partial charge in [-0.05, 0) is 83.2 Å². The van der Waals surface area contributed by atoms with Crippen molar-refractivity contribution in [1.82, 2.24) is 0 Å². The number of rotatable bonds is 5. The minimum atomic E-state index is 0.376. The fourth-order valence-corrected chi connectivity index (χ4v) is 4.79. The van der Waals surface area contributed by atoms with E-state index in [1.807, 2.05) is 6.08 Å². The van der Waals surface area contributed by atoms with E-state index >= 15 is 0 Å². The average molecular weight is 417 g/mol. The van der Waals surface area contributed by atoms with Gasteiger partial charge in [-0.25, -0.2) is 0 Å². The normalized spacial score (nSPS) is 14.2. The molecule has 0 heteroatoms. The standard InChI is InChI=1S/C32H32/c1-7-26-17-21(2)13-14-28(26)20-23(4)31-18-22(3)19-32-25(6)24(5)29(15-16-30(31)32)27-11-9-8-10-12-27/h7-19,23H,1,6,20H2,2-5H3. The summed E-state index contributed by atoms with van der Waals surface area (Å²) in [4.78, 5) is 0. The van der Waals surface area contributed by atoms with Gasteiger partial charge in [0.1, 0.15) is 0 Å². The molecule has 0 saturated heterocycles. The van der Waals surface area contributed by atoms with Crippen LogP contribution in [-0.4, -0.2) is 0 Å². The Labute approximate surface area is 193 Å². The summed E-state index contributed by atoms with van der Waals surface area (Å²) in [5.41, 5.74) is 13.9. The molecule has 3 aromatic carbocycles. The van der Waals surface area contributed by atoms with E-state index in [1.54, 1.807) is 0 Å². The predicted molar refractivity (Wildman–Crippen MR) is 142 cm³/mol. The van der Waals surface area contributed by atoms with Crippen molar-refractivity contribution in [3.8, 4) is 0 Å². The fraction of sp³-hybridized carbons (Fsp3) is 0.188. The zero-order valence-electron chi connectivity index (χ0n) is 19.7. The van der Waals surface area contributed by atoms with Gasteiger partial charge in [-0.15, -0.1) is 0 Å². The minimum absolute atomic E-state index is 0.376. The highest BCUT2D eigenvalue weighted by Crippen LogP contribution is 2.39. The second-order valence-electron chi connectivity index (χ2n) is 9.04. The van der Waals surface area contributed by atoms with Crippen LogP contribution in [0, 0.1) is 13.8 Å². The van der Waals surface area contributed by atoms with E-state index < -0.39 is 0 Å². The van der Waals surface area contributed by atoms with E-state index in [-0.39, 0.29) is 0 Å². The van der Waals surface area contributed by atoms with Crippen molar-refractivity contribution in [2.24, 2.45) is 0 Å². The molecule has 0 heterocycles. The third-order valence-corrected chi connectivity index (χ3v) is 6.62. The van der Waals surface area contributed by atoms with Crippen molar-refractivity contribution >= 4 is 23.3 Å². The van der Waals surface area contributed by atoms with Gasteiger partial charge in [-0.2, -0.15) is 0 Å². The summed E-state index contributed by atoms with van der Waals surface area (Å²) < 4.78 is 0. The third-order valence-electron chi connectivity index (χ3n) is 6.62. The van der Waals surface area contributed by atoms with Crippen molar-refractivity contribution in [3.63, 3.8) is 0 Å². The molecule has 32 heavy (non-hydrogen) atoms. The monoisotopic (exact) mass is 416 g/mol. The third kappa shape index (κ3) is 4.18. The number of allylic oxidation sites excluding steroid dienone is 4. The zero-order chi connectivity index (χ0) is 22.8. The maximum atomic E-state index is 4.52. The lowest BCUT2D eigenvalue weighted by molar-refractivity contribution is 0.755. The smallest absolute Gasteiger partial charge is 0.0109 e. The van der Waals surface area contributed by atoms with Crippen LogP contribution in [0.1, 0.15) is 64.3 Å². The van der Waals surface area contributed by atoms with Gasteiger partial charge in [-0.3, -0.25) is 0 Å². The summed E-state index contributed by atoms with van der Waals surface area (Å²) in [5, 5.41) is 0. The molecule has 0 nitrogen and oxygen atoms in total. The molecule has 1 unspecified atom stereocenters. The first kappa shape index (κ1) is 21.8. The summed E-state index contributed by atoms with van der Waals surface area (Å²) in [6, 6.07) is 21.9. The molecule has 0 fully saturated rings. The maximum absolute atomic E-state index is 4.52. The molecule has 0 spiro atoms. The molecule has 1 aliphatic rings. The van der Waals surface area contributed by atoms with Crippen LogP contribution in [0.5, 0.6) is 0 Å². The van der Waals surface area contributed by atoms with Crippen molar-refractivity contribution in [2.75, 3.05) is 0 Å². The van der Waals surface area contributed by atoms with Crippen LogP contribution in [0.25, 0.3) is 23.3 Å². The maximum Gasteiger partial charge on any atom is -0.0109 e. The van der Waals surface area contributed by atoms with Gasteiger partial charge in [0, 0.05) is 0 Å². The molecule has 0 aromatic heterocycles. The molecule has 0 amide bonds. The lowest BCUT2D eigenvalue weighted by Crippen LogP contribution is -2.05. The number of hydrogen-bond donors (Lipinski definition) is 0. The summed E-state index contributed by atoms with van der Waals surface area (Å²) in [6.45, 7) is 17.4. The quantitative estimate of drug-likeness (QED) is 0.390. The zero-order valence-corrected chi connectivity index (χ0v) is 19.7. The Morgan fingerprint density at radius 1 is 0.875 bits per heavy atom. The molecular weight excluding hydrogens is 384 g/mol. The summed E-state index contributed by atoms with van der Waals surface area (Å²) in [7, 11) is 0. The molecule has 1 aliphatic carbocycles. The Bertz CT molecular complexity index is 1250. The Kier molecular flexibility index (Phi) is 6.15. The Hall–Kier alpha value is -3.38. The lowest BCUT2D eigenvalue weighted by atomic mass is 9.83. The second kappa shape index (κ2) is 9.01. The van der Waals surface area contributed by atoms with Crippen molar-refractivity contribution < 1.29 is 0 Å². The lowest BCUT2D eigenvalue weighted by Gasteiger charge is -2.21. The van der Waals surface area contributed by atoms with Crippen molar-refractivity contribution in [2.45, 2.75) is 40.0 Å². The van der Waals surface area contributed by atoms with E-state index in [0.29, 0.717) is 5.92 Å². The minimum Gasteiger partial charge on any atom is -0.0985 e. The van der Waals surface area contributed by atoms with Crippen molar-refractivity contribution in [1.29, 1.82) is 0 Å². The largest absolute Gasteiger partial charge is 0.0985 e. The van der Waals surface area contributed by atoms with Gasteiger partial charge in [-0.1, -0.05) is 110 Å². The molecule has 0 aliphatic heterocycles. The highest BCUT2D eigenvalue weighted by molar-refractivity contribution is 5.98. The van der Waals surface area contributed by atoms with Crippen LogP contribution < -0.4 is 0 Å². The molecule has 3 aromatic rings. The average Bonchev–Trinajstić information content (AvgIpc) is 2.92. The van der Waals surface area contributed by atoms with E-state index in [1.165, 1.54) is 55.7 Å². The molecule has 0 N–H and O–H groups in total. The number of hydrogen-bond acceptors (Lipinski definition) is 0. The highest BCUT2D eigenvalue weighted by atomic mass is 14.2. The topological polar surface area (TPSA) is 0 Å². The molecule has 0 bridgehead atoms. The fourth-order valence-electron chi connectivity index (χ4n) is 4.79. The van der Waals surface area contributed by atoms with Crippen LogP contribution in [-0.2, 0) is 6.42 Å². The van der Waals surface area contributed by atoms with E-state index in [9.17, 15) is 0 Å². The Balaban J connectivity index is 1.78. The number of benzene rings is 3. The Morgan fingerprint density at radius 3 is 2.34 bits per heavy atom. The first-order chi connectivity index (χ1) is 15.4. The summed E-state index contributed by atoms with van der Waals surface area (Å²) in [6.07, 6.45) is 7.53. The molecule has 160 valence electrons. The van der Waals surface area contributed by atoms with E-state index in [2.05, 4.69) is 114 Å². The van der Waals surface area contributed by atoms with Crippen LogP contribution in [0.3, 0.4) is 0 Å². The van der Waals surface area contributed by atoms with E-state index in [4.69, 9.17) is 0 Å². The van der Waals surface area contributed by atoms with Gasteiger partial charge < -0.3 is 0 Å². The number of aryl methyl sites for hydroxylation is 2. The van der Waals surface area contributed by atoms with Gasteiger partial charge in [0.15, 0.2) is 0 Å². The number of fused-ring (bicyclic) bond motifs is 1. The van der Waals surface area contributed by atoms with E-state index in [0.717, 1.165) is 12.0 Å². The summed E-state index contributed by atoms with van der Waals surface area (Å²) >= 11 is 0. The van der Waals surface area contributed by atoms with Crippen LogP contribution in [0.4, 0.5) is 0 Å². The second-order valence-corrected chi connectivity index (χ2v) is 9.04. The van der Waals surface area contributed by atoms with Gasteiger partial charge >= 0.3 is 0 Å². The molecule has 0 saturated carbocycles. The molecule has 0 radical (unpaired) electrons. The molecular formula is C32H32. The molecule has 1 atom stereocenters. The first-order valence-corrected chi connectivity index (χ1v) is 11.4.